The highest BCUT2D eigenvalue weighted by molar-refractivity contribution is 5.80. The van der Waals surface area contributed by atoms with Crippen molar-refractivity contribution in [1.82, 2.24) is 10.2 Å². The number of carbonyl (C=O) groups excluding carboxylic acids is 2. The van der Waals surface area contributed by atoms with E-state index in [0.29, 0.717) is 19.4 Å². The minimum absolute atomic E-state index is 0.0989. The average molecular weight is 268 g/mol. The van der Waals surface area contributed by atoms with Crippen LogP contribution in [0.5, 0.6) is 0 Å². The molecule has 19 heavy (non-hydrogen) atoms. The topological polar surface area (TPSA) is 58.6 Å². The fraction of sp³-hybridized carbons (Fsp3) is 0.714. The number of hydrogen-bond acceptors (Lipinski definition) is 4. The van der Waals surface area contributed by atoms with E-state index in [9.17, 15) is 9.59 Å². The van der Waals surface area contributed by atoms with Crippen LogP contribution >= 0.6 is 0 Å². The molecule has 5 nitrogen and oxygen atoms in total. The van der Waals surface area contributed by atoms with Crippen LogP contribution in [0.15, 0.2) is 0 Å². The molecule has 0 aromatic rings. The molecule has 0 aromatic heterocycles. The van der Waals surface area contributed by atoms with Crippen LogP contribution in [-0.4, -0.2) is 49.1 Å². The quantitative estimate of drug-likeness (QED) is 0.522. The van der Waals surface area contributed by atoms with Gasteiger partial charge in [0.2, 0.25) is 5.91 Å². The number of nitrogens with one attached hydrogen (secondary N) is 1. The summed E-state index contributed by atoms with van der Waals surface area (Å²) in [5.41, 5.74) is -0.595. The number of nitrogens with zero attached hydrogens (tertiary/aromatic N) is 1. The summed E-state index contributed by atoms with van der Waals surface area (Å²) in [5, 5.41) is 2.87. The average Bonchev–Trinajstić information content (AvgIpc) is 2.43. The van der Waals surface area contributed by atoms with Gasteiger partial charge in [0, 0.05) is 0 Å². The molecule has 0 aliphatic rings. The number of amides is 1. The van der Waals surface area contributed by atoms with Crippen molar-refractivity contribution < 1.29 is 14.3 Å². The zero-order valence-corrected chi connectivity index (χ0v) is 12.3. The number of carbonyl (C=O) groups is 2. The van der Waals surface area contributed by atoms with E-state index in [4.69, 9.17) is 6.42 Å². The molecule has 0 unspecified atom stereocenters. The Labute approximate surface area is 115 Å². The lowest BCUT2D eigenvalue weighted by Gasteiger charge is -2.28. The third-order valence-electron chi connectivity index (χ3n) is 3.26. The predicted molar refractivity (Wildman–Crippen MR) is 74.4 cm³/mol. The Kier molecular flexibility index (Phi) is 7.85. The van der Waals surface area contributed by atoms with Crippen molar-refractivity contribution in [3.8, 4) is 12.3 Å². The molecule has 0 saturated heterocycles. The fourth-order valence-corrected chi connectivity index (χ4v) is 1.70. The van der Waals surface area contributed by atoms with Gasteiger partial charge in [-0.1, -0.05) is 26.7 Å². The number of ether oxygens (including phenoxy) is 1. The number of terminal acetylenes is 1. The van der Waals surface area contributed by atoms with Gasteiger partial charge in [-0.05, 0) is 19.4 Å². The first-order valence-electron chi connectivity index (χ1n) is 6.54. The maximum Gasteiger partial charge on any atom is 0.319 e. The Morgan fingerprint density at radius 2 is 1.84 bits per heavy atom. The molecule has 0 aliphatic carbocycles. The summed E-state index contributed by atoms with van der Waals surface area (Å²) in [5.74, 6) is 2.12. The molecular weight excluding hydrogens is 244 g/mol. The first-order chi connectivity index (χ1) is 8.96. The fourth-order valence-electron chi connectivity index (χ4n) is 1.70. The number of likely N-dealkylation sites (N-methyl/N-ethyl adjacent to an activating group) is 1. The minimum atomic E-state index is -0.595. The van der Waals surface area contributed by atoms with Gasteiger partial charge in [-0.2, -0.15) is 0 Å². The van der Waals surface area contributed by atoms with E-state index in [1.807, 2.05) is 20.8 Å². The van der Waals surface area contributed by atoms with Gasteiger partial charge in [0.05, 0.1) is 20.2 Å². The molecule has 1 amide bonds. The largest absolute Gasteiger partial charge is 0.468 e. The molecule has 0 radical (unpaired) electrons. The second kappa shape index (κ2) is 8.54. The number of esters is 1. The third-order valence-corrected chi connectivity index (χ3v) is 3.26. The van der Waals surface area contributed by atoms with Gasteiger partial charge in [0.15, 0.2) is 0 Å². The Hall–Kier alpha value is -1.54. The number of hydrogen-bond donors (Lipinski definition) is 1. The normalized spacial score (nSPS) is 10.9. The van der Waals surface area contributed by atoms with Gasteiger partial charge >= 0.3 is 5.97 Å². The van der Waals surface area contributed by atoms with Gasteiger partial charge in [0.1, 0.15) is 5.54 Å². The summed E-state index contributed by atoms with van der Waals surface area (Å²) in [6, 6.07) is 0. The molecule has 0 aromatic carbocycles. The van der Waals surface area contributed by atoms with Crippen molar-refractivity contribution in [1.29, 1.82) is 0 Å². The molecule has 0 aliphatic heterocycles. The van der Waals surface area contributed by atoms with E-state index in [0.717, 1.165) is 0 Å². The summed E-state index contributed by atoms with van der Waals surface area (Å²) in [6.07, 6.45) is 6.84. The highest BCUT2D eigenvalue weighted by Gasteiger charge is 2.26. The van der Waals surface area contributed by atoms with Crippen molar-refractivity contribution in [2.45, 2.75) is 39.2 Å². The molecular formula is C14H24N2O3. The van der Waals surface area contributed by atoms with Crippen LogP contribution in [0.1, 0.15) is 33.6 Å². The molecule has 0 saturated carbocycles. The van der Waals surface area contributed by atoms with Crippen molar-refractivity contribution in [3.05, 3.63) is 0 Å². The van der Waals surface area contributed by atoms with Crippen LogP contribution in [0.4, 0.5) is 0 Å². The minimum Gasteiger partial charge on any atom is -0.468 e. The highest BCUT2D eigenvalue weighted by atomic mass is 16.5. The van der Waals surface area contributed by atoms with Gasteiger partial charge in [-0.3, -0.25) is 14.5 Å². The number of rotatable bonds is 8. The van der Waals surface area contributed by atoms with E-state index in [-0.39, 0.29) is 25.0 Å². The van der Waals surface area contributed by atoms with Gasteiger partial charge in [-0.25, -0.2) is 0 Å². The first kappa shape index (κ1) is 17.5. The first-order valence-corrected chi connectivity index (χ1v) is 6.54. The Morgan fingerprint density at radius 3 is 2.21 bits per heavy atom. The van der Waals surface area contributed by atoms with Crippen LogP contribution in [0, 0.1) is 12.3 Å². The molecule has 5 heteroatoms. The van der Waals surface area contributed by atoms with E-state index >= 15 is 0 Å². The molecule has 0 bridgehead atoms. The molecule has 0 fully saturated rings. The van der Waals surface area contributed by atoms with Crippen molar-refractivity contribution >= 4 is 11.9 Å². The molecule has 1 N–H and O–H groups in total. The van der Waals surface area contributed by atoms with Crippen LogP contribution in [0.25, 0.3) is 0 Å². The molecule has 0 heterocycles. The van der Waals surface area contributed by atoms with Gasteiger partial charge in [0.25, 0.3) is 0 Å². The predicted octanol–water partition coefficient (Wildman–Crippen LogP) is 0.790. The Bertz CT molecular complexity index is 343. The summed E-state index contributed by atoms with van der Waals surface area (Å²) < 4.78 is 4.58. The summed E-state index contributed by atoms with van der Waals surface area (Å²) in [4.78, 5) is 24.9. The summed E-state index contributed by atoms with van der Waals surface area (Å²) >= 11 is 0. The summed E-state index contributed by atoms with van der Waals surface area (Å²) in [7, 11) is 1.33. The van der Waals surface area contributed by atoms with E-state index < -0.39 is 5.54 Å². The van der Waals surface area contributed by atoms with Crippen LogP contribution in [-0.2, 0) is 14.3 Å². The lowest BCUT2D eigenvalue weighted by Crippen LogP contribution is -2.50. The van der Waals surface area contributed by atoms with E-state index in [1.165, 1.54) is 7.11 Å². The van der Waals surface area contributed by atoms with Gasteiger partial charge in [-0.15, -0.1) is 6.42 Å². The SMILES string of the molecule is C#CC(CC)(CC)NC(=O)CN(CC)CC(=O)OC. The van der Waals surface area contributed by atoms with Crippen LogP contribution in [0.3, 0.4) is 0 Å². The van der Waals surface area contributed by atoms with Gasteiger partial charge < -0.3 is 10.1 Å². The Morgan fingerprint density at radius 1 is 1.26 bits per heavy atom. The van der Waals surface area contributed by atoms with Crippen molar-refractivity contribution in [2.24, 2.45) is 0 Å². The Balaban J connectivity index is 4.51. The van der Waals surface area contributed by atoms with Crippen LogP contribution < -0.4 is 5.32 Å². The third kappa shape index (κ3) is 5.75. The second-order valence-corrected chi connectivity index (χ2v) is 4.36. The molecule has 0 spiro atoms. The number of methoxy groups -OCH3 is 1. The maximum atomic E-state index is 12.0. The van der Waals surface area contributed by atoms with Crippen LogP contribution in [0.2, 0.25) is 0 Å². The van der Waals surface area contributed by atoms with E-state index in [2.05, 4.69) is 16.0 Å². The monoisotopic (exact) mass is 268 g/mol. The molecule has 0 atom stereocenters. The van der Waals surface area contributed by atoms with E-state index in [1.54, 1.807) is 4.90 Å². The maximum absolute atomic E-state index is 12.0. The molecule has 0 rings (SSSR count). The summed E-state index contributed by atoms with van der Waals surface area (Å²) in [6.45, 7) is 6.58. The standard InChI is InChI=1S/C14H24N2O3/c1-6-14(7-2,8-3)15-12(17)10-16(9-4)11-13(18)19-5/h1H,7-11H2,2-5H3,(H,15,17). The molecule has 108 valence electrons. The smallest absolute Gasteiger partial charge is 0.319 e. The highest BCUT2D eigenvalue weighted by Crippen LogP contribution is 2.13. The van der Waals surface area contributed by atoms with Crippen molar-refractivity contribution in [3.63, 3.8) is 0 Å². The second-order valence-electron chi connectivity index (χ2n) is 4.36. The lowest BCUT2D eigenvalue weighted by molar-refractivity contribution is -0.142. The lowest BCUT2D eigenvalue weighted by atomic mass is 9.94. The zero-order chi connectivity index (χ0) is 14.9. The zero-order valence-electron chi connectivity index (χ0n) is 12.3. The van der Waals surface area contributed by atoms with Crippen molar-refractivity contribution in [2.75, 3.05) is 26.7 Å².